The number of carbonyl (C=O) groups is 3. The zero-order valence-corrected chi connectivity index (χ0v) is 76.2. The van der Waals surface area contributed by atoms with E-state index in [1.165, 1.54) is 113 Å². The monoisotopic (exact) mass is 1670 g/mol. The molecule has 1 saturated heterocycles. The third-order valence-corrected chi connectivity index (χ3v) is 13.6. The predicted molar refractivity (Wildman–Crippen MR) is 546 cm³/mol. The number of carboxylic acid groups (broad SMARTS) is 1. The van der Waals surface area contributed by atoms with E-state index >= 15 is 0 Å². The van der Waals surface area contributed by atoms with Crippen LogP contribution in [0.5, 0.6) is 5.75 Å². The van der Waals surface area contributed by atoms with E-state index in [9.17, 15) is 14.4 Å². The number of benzene rings is 5. The maximum absolute atomic E-state index is 10.3. The number of nitrogens with one attached hydrogen (secondary N) is 2. The van der Waals surface area contributed by atoms with Crippen LogP contribution >= 0.6 is 0 Å². The van der Waals surface area contributed by atoms with Crippen molar-refractivity contribution >= 4 is 50.6 Å². The van der Waals surface area contributed by atoms with Gasteiger partial charge >= 0.3 is 5.97 Å². The van der Waals surface area contributed by atoms with Crippen molar-refractivity contribution < 1.29 is 29.7 Å². The number of aromatic hydroxyl groups is 1. The second-order valence-corrected chi connectivity index (χ2v) is 22.6. The Morgan fingerprint density at radius 2 is 0.975 bits per heavy atom. The van der Waals surface area contributed by atoms with Crippen molar-refractivity contribution in [2.75, 3.05) is 26.7 Å². The van der Waals surface area contributed by atoms with Crippen LogP contribution in [0.15, 0.2) is 307 Å². The molecule has 0 radical (unpaired) electrons. The second-order valence-electron chi connectivity index (χ2n) is 22.6. The molecule has 4 aliphatic rings. The van der Waals surface area contributed by atoms with Crippen molar-refractivity contribution in [2.45, 2.75) is 241 Å². The molecule has 16 nitrogen and oxygen atoms in total. The van der Waals surface area contributed by atoms with E-state index in [4.69, 9.17) is 15.3 Å². The summed E-state index contributed by atoms with van der Waals surface area (Å²) in [6.07, 6.45) is 30.2. The lowest BCUT2D eigenvalue weighted by atomic mass is 10.0. The summed E-state index contributed by atoms with van der Waals surface area (Å²) in [7, 11) is 2.19. The van der Waals surface area contributed by atoms with E-state index < -0.39 is 12.1 Å². The van der Waals surface area contributed by atoms with Gasteiger partial charge in [0.25, 0.3) is 0 Å². The minimum atomic E-state index is -0.875. The highest BCUT2D eigenvalue weighted by atomic mass is 16.4. The molecule has 1 unspecified atom stereocenters. The Labute approximate surface area is 742 Å². The highest BCUT2D eigenvalue weighted by Gasteiger charge is 2.04. The molecule has 6 heterocycles. The molecule has 0 bridgehead atoms. The molecule has 5 N–H and O–H groups in total. The lowest BCUT2D eigenvalue weighted by molar-refractivity contribution is -0.124. The Hall–Kier alpha value is -11.5. The maximum atomic E-state index is 10.3. The number of aromatic amines is 2. The number of nitrogens with zero attached hydrogens (tertiary/aromatic N) is 8. The average molecular weight is 1670 g/mol. The molecule has 5 aromatic carbocycles. The van der Waals surface area contributed by atoms with E-state index in [1.54, 1.807) is 68.0 Å². The lowest BCUT2D eigenvalue weighted by Crippen LogP contribution is -2.24. The molecule has 121 heavy (non-hydrogen) atoms. The summed E-state index contributed by atoms with van der Waals surface area (Å²) in [5, 5.41) is 45.4. The van der Waals surface area contributed by atoms with Gasteiger partial charge in [0.2, 0.25) is 0 Å². The van der Waals surface area contributed by atoms with Gasteiger partial charge in [-0.2, -0.15) is 10.2 Å². The first kappa shape index (κ1) is 144. The van der Waals surface area contributed by atoms with Crippen LogP contribution in [0.4, 0.5) is 0 Å². The molecule has 0 spiro atoms. The zero-order valence-electron chi connectivity index (χ0n) is 76.2. The van der Waals surface area contributed by atoms with Gasteiger partial charge in [0.1, 0.15) is 30.0 Å². The largest absolute Gasteiger partial charge is 0.508 e. The van der Waals surface area contributed by atoms with Crippen LogP contribution in [-0.2, 0) is 9.59 Å². The molecule has 0 saturated carbocycles. The number of aromatic nitrogens is 6. The number of phenolic OH excluding ortho intramolecular Hbond substituents is 1. The number of hydrogen-bond acceptors (Lipinski definition) is 13. The first-order chi connectivity index (χ1) is 56.0. The highest BCUT2D eigenvalue weighted by molar-refractivity contribution is 5.87. The van der Waals surface area contributed by atoms with Gasteiger partial charge in [-0.15, -0.1) is 84.0 Å². The summed E-state index contributed by atoms with van der Waals surface area (Å²) in [6.45, 7) is 83.7. The topological polar surface area (TPSA) is 235 Å². The molecule has 1 fully saturated rings. The van der Waals surface area contributed by atoms with Crippen molar-refractivity contribution in [3.63, 3.8) is 0 Å². The predicted octanol–water partition coefficient (Wildman–Crippen LogP) is 31.1. The molecule has 2 aliphatic heterocycles. The summed E-state index contributed by atoms with van der Waals surface area (Å²) in [5.41, 5.74) is 15.3. The number of ketones is 2. The number of Topliss-reactive ketones (excluding diaryl/α,β-unsaturated/α-hetero) is 2. The van der Waals surface area contributed by atoms with Crippen molar-refractivity contribution in [1.82, 2.24) is 35.0 Å². The Bertz CT molecular complexity index is 3750. The molecule has 4 aromatic heterocycles. The van der Waals surface area contributed by atoms with Gasteiger partial charge in [0.05, 0.1) is 23.0 Å². The average Bonchev–Trinajstić information content (AvgIpc) is 1.72. The fraction of sp³-hybridized carbons (Fsp3) is 0.371. The number of carboxylic acids is 1. The molecular formula is C105H174N10O6. The van der Waals surface area contributed by atoms with Crippen LogP contribution in [0.25, 0.3) is 27.4 Å². The van der Waals surface area contributed by atoms with Crippen molar-refractivity contribution in [3.05, 3.63) is 342 Å². The number of piperidine rings is 1. The highest BCUT2D eigenvalue weighted by Crippen LogP contribution is 2.23. The Morgan fingerprint density at radius 3 is 1.28 bits per heavy atom. The van der Waals surface area contributed by atoms with E-state index in [1.807, 2.05) is 160 Å². The number of aliphatic hydroxyl groups is 1. The first-order valence-electron chi connectivity index (χ1n) is 39.6. The quantitative estimate of drug-likeness (QED) is 0.104. The summed E-state index contributed by atoms with van der Waals surface area (Å²) in [6, 6.07) is 42.8. The van der Waals surface area contributed by atoms with Crippen LogP contribution in [0.1, 0.15) is 242 Å². The molecule has 2 aliphatic carbocycles. The van der Waals surface area contributed by atoms with Crippen molar-refractivity contribution in [3.8, 4) is 5.75 Å². The summed E-state index contributed by atoms with van der Waals surface area (Å²) >= 11 is 0. The minimum absolute atomic E-state index is 0. The number of aromatic carboxylic acids is 1. The molecular weight excluding hydrogens is 1500 g/mol. The van der Waals surface area contributed by atoms with Gasteiger partial charge in [0, 0.05) is 53.7 Å². The molecule has 1 atom stereocenters. The number of likely N-dealkylation sites (tertiary alicyclic amines) is 1. The fourth-order valence-corrected chi connectivity index (χ4v) is 7.64. The Kier molecular flexibility index (Phi) is 132. The second kappa shape index (κ2) is 111. The number of rotatable bonds is 4. The maximum Gasteiger partial charge on any atom is 0.335 e. The van der Waals surface area contributed by atoms with Gasteiger partial charge < -0.3 is 30.0 Å². The Balaban J connectivity index is -0.0000000764. The number of aliphatic hydroxyl groups excluding tert-OH is 1. The van der Waals surface area contributed by atoms with Gasteiger partial charge in [-0.3, -0.25) is 14.9 Å². The third kappa shape index (κ3) is 90.7. The first-order valence-corrected chi connectivity index (χ1v) is 39.6. The number of carbonyl (C=O) groups excluding carboxylic acids is 2. The normalized spacial score (nSPS) is 10.3. The van der Waals surface area contributed by atoms with Crippen LogP contribution in [0, 0.1) is 48.5 Å². The third-order valence-electron chi connectivity index (χ3n) is 13.6. The van der Waals surface area contributed by atoms with Gasteiger partial charge in [-0.1, -0.05) is 263 Å². The number of phenols is 1. The number of allylic oxidation sites excluding steroid dienone is 8. The molecule has 680 valence electrons. The minimum Gasteiger partial charge on any atom is -0.508 e. The van der Waals surface area contributed by atoms with E-state index in [0.717, 1.165) is 29.0 Å². The van der Waals surface area contributed by atoms with E-state index in [0.29, 0.717) is 24.3 Å². The molecule has 13 rings (SSSR count). The summed E-state index contributed by atoms with van der Waals surface area (Å²) < 4.78 is 0. The number of hydrogen-bond donors (Lipinski definition) is 5. The Morgan fingerprint density at radius 1 is 0.529 bits per heavy atom. The van der Waals surface area contributed by atoms with Crippen LogP contribution in [-0.4, -0.2) is 106 Å². The summed E-state index contributed by atoms with van der Waals surface area (Å²) in [5.74, 6) is 0.345. The summed E-state index contributed by atoms with van der Waals surface area (Å²) in [4.78, 5) is 47.2. The van der Waals surface area contributed by atoms with Crippen LogP contribution in [0.3, 0.4) is 0 Å². The molecule has 0 amide bonds. The van der Waals surface area contributed by atoms with E-state index in [-0.39, 0.29) is 48.7 Å². The van der Waals surface area contributed by atoms with Crippen molar-refractivity contribution in [2.24, 2.45) is 15.4 Å². The van der Waals surface area contributed by atoms with Gasteiger partial charge in [-0.05, 0) is 210 Å². The fourth-order valence-electron chi connectivity index (χ4n) is 7.64. The number of H-pyrrole nitrogens is 2. The van der Waals surface area contributed by atoms with Crippen LogP contribution in [0.2, 0.25) is 0 Å². The SMILES string of the molecule is C.C.C.C.C.C=C.C=C.C=C.C=C.C=C.C=C.CC.CC.CC.CC.CC.CC(=O)C(C)O.CC1=CC=CC1.CC1=NN=NC1.CCC(C)=O.CN1CCCCC1.Cc1c[nH]c2ccccc12.Cc1ccc(C(=O)O)cc1.Cc1ccc(C2=CC=CC2)cc1.Cc1ccc(O)cc1.Cc1ccc2cn[nH]c2c1.Cc1cccnc1.Cc1ncccn1. The lowest BCUT2D eigenvalue weighted by Gasteiger charge is -2.20. The molecule has 16 heteroatoms. The number of aryl methyl sites for hydroxylation is 7. The van der Waals surface area contributed by atoms with Gasteiger partial charge in [-0.25, -0.2) is 14.8 Å². The van der Waals surface area contributed by atoms with Gasteiger partial charge in [0.15, 0.2) is 5.78 Å². The standard InChI is InChI=1S/C12H12.C9H9N.C8H8N2.C8H8O2.C7H8O.C6H7N.C6H13N.C6H8.C5H6N2.C4H8O2.C4H8O.C3H5N3.5C2H6.6C2H4.5CH4/c1-10-6-8-12(9-7-10)11-4-2-3-5-11;1-7-6-10-9-5-3-2-4-8(7)9;1-6-2-3-7-5-9-10-8(7)4-6;1-6-2-4-7(5-3-6)8(9)10;1-6-2-4-7(8)5-3-6;1-6-3-2-4-7-5-6;1-7-5-3-2-4-6-7;1-6-4-2-3-5-6;1-5-6-3-2-4-7-5;1-3(5)4(2)6;1-3-4(2)5;1-3-2-4-6-5-3;11*1-2;;;;;/h2-4,6-9H,5H2,1H3;2-6,10H,1H3;2*2-5H,1H3,(H,9,10);2-5,8H,1H3;2-5H,1H3;2-6H2,1H3;2-4H,5H2,1H3;2-4H,1H3;3,5H,1-2H3;3H2,1-2H3;2H2,1H3;5*1-2H3;6*1-2H2;5*1H4. The number of fused-ring (bicyclic) bond motifs is 2. The smallest absolute Gasteiger partial charge is 0.335 e. The molecule has 9 aromatic rings. The van der Waals surface area contributed by atoms with Crippen molar-refractivity contribution in [1.29, 1.82) is 0 Å². The zero-order chi connectivity index (χ0) is 91.5. The van der Waals surface area contributed by atoms with E-state index in [2.05, 4.69) is 261 Å². The number of para-hydroxylation sites is 1. The van der Waals surface area contributed by atoms with Crippen LogP contribution < -0.4 is 0 Å². The number of pyridine rings is 1.